The van der Waals surface area contributed by atoms with Crippen molar-refractivity contribution in [1.29, 1.82) is 0 Å². The van der Waals surface area contributed by atoms with Crippen LogP contribution in [-0.2, 0) is 14.8 Å². The molecule has 0 heterocycles. The van der Waals surface area contributed by atoms with Crippen LogP contribution in [0, 0.1) is 13.8 Å². The van der Waals surface area contributed by atoms with Gasteiger partial charge in [-0.3, -0.25) is 4.79 Å². The highest BCUT2D eigenvalue weighted by molar-refractivity contribution is 7.89. The molecule has 0 bridgehead atoms. The maximum absolute atomic E-state index is 12.3. The van der Waals surface area contributed by atoms with Gasteiger partial charge in [0.15, 0.2) is 0 Å². The Morgan fingerprint density at radius 2 is 1.64 bits per heavy atom. The smallest absolute Gasteiger partial charge is 0.240 e. The zero-order valence-electron chi connectivity index (χ0n) is 16.0. The van der Waals surface area contributed by atoms with Crippen LogP contribution in [0.25, 0.3) is 10.8 Å². The number of hydrogen-bond acceptors (Lipinski definition) is 3. The second-order valence-electron chi connectivity index (χ2n) is 6.86. The van der Waals surface area contributed by atoms with Crippen LogP contribution in [-0.4, -0.2) is 20.9 Å². The third-order valence-corrected chi connectivity index (χ3v) is 6.15. The highest BCUT2D eigenvalue weighted by Crippen LogP contribution is 2.19. The summed E-state index contributed by atoms with van der Waals surface area (Å²) in [5, 5.41) is 5.03. The number of amides is 1. The second-order valence-corrected chi connectivity index (χ2v) is 8.62. The fourth-order valence-electron chi connectivity index (χ4n) is 2.91. The van der Waals surface area contributed by atoms with Gasteiger partial charge in [-0.15, -0.1) is 0 Å². The summed E-state index contributed by atoms with van der Waals surface area (Å²) < 4.78 is 27.2. The maximum atomic E-state index is 12.3. The van der Waals surface area contributed by atoms with Gasteiger partial charge in [-0.25, -0.2) is 13.1 Å². The van der Waals surface area contributed by atoms with E-state index in [0.29, 0.717) is 6.42 Å². The van der Waals surface area contributed by atoms with Crippen molar-refractivity contribution in [1.82, 2.24) is 4.72 Å². The summed E-state index contributed by atoms with van der Waals surface area (Å²) >= 11 is 0. The monoisotopic (exact) mass is 396 g/mol. The molecule has 0 atom stereocenters. The Morgan fingerprint density at radius 3 is 2.39 bits per heavy atom. The molecule has 1 amide bonds. The SMILES string of the molecule is Cc1ccc(S(=O)(=O)NCCCC(=O)Nc2ccc3ccccc3c2)cc1C. The lowest BCUT2D eigenvalue weighted by molar-refractivity contribution is -0.116. The highest BCUT2D eigenvalue weighted by atomic mass is 32.2. The molecular formula is C22H24N2O3S. The van der Waals surface area contributed by atoms with Gasteiger partial charge in [0.25, 0.3) is 0 Å². The molecule has 5 nitrogen and oxygen atoms in total. The molecule has 146 valence electrons. The fraction of sp³-hybridized carbons (Fsp3) is 0.227. The topological polar surface area (TPSA) is 75.3 Å². The molecule has 0 aliphatic rings. The summed E-state index contributed by atoms with van der Waals surface area (Å²) in [7, 11) is -3.56. The van der Waals surface area contributed by atoms with Gasteiger partial charge in [0.2, 0.25) is 15.9 Å². The molecule has 0 saturated carbocycles. The molecule has 3 rings (SSSR count). The molecule has 0 aliphatic carbocycles. The number of carbonyl (C=O) groups is 1. The minimum atomic E-state index is -3.56. The number of nitrogens with one attached hydrogen (secondary N) is 2. The molecule has 0 aromatic heterocycles. The molecule has 2 N–H and O–H groups in total. The third-order valence-electron chi connectivity index (χ3n) is 4.69. The van der Waals surface area contributed by atoms with E-state index in [1.54, 1.807) is 18.2 Å². The Hall–Kier alpha value is -2.70. The van der Waals surface area contributed by atoms with E-state index in [4.69, 9.17) is 0 Å². The second kappa shape index (κ2) is 8.54. The molecule has 3 aromatic carbocycles. The van der Waals surface area contributed by atoms with Crippen LogP contribution in [0.3, 0.4) is 0 Å². The predicted molar refractivity (Wildman–Crippen MR) is 113 cm³/mol. The van der Waals surface area contributed by atoms with E-state index < -0.39 is 10.0 Å². The lowest BCUT2D eigenvalue weighted by Crippen LogP contribution is -2.26. The number of fused-ring (bicyclic) bond motifs is 1. The van der Waals surface area contributed by atoms with Gasteiger partial charge in [0, 0.05) is 18.7 Å². The van der Waals surface area contributed by atoms with E-state index in [9.17, 15) is 13.2 Å². The molecule has 0 saturated heterocycles. The molecule has 0 fully saturated rings. The number of aryl methyl sites for hydroxylation is 2. The zero-order chi connectivity index (χ0) is 20.1. The van der Waals surface area contributed by atoms with Crippen molar-refractivity contribution in [2.75, 3.05) is 11.9 Å². The van der Waals surface area contributed by atoms with Crippen molar-refractivity contribution in [3.63, 3.8) is 0 Å². The predicted octanol–water partition coefficient (Wildman–Crippen LogP) is 4.15. The number of carbonyl (C=O) groups excluding carboxylic acids is 1. The lowest BCUT2D eigenvalue weighted by Gasteiger charge is -2.09. The van der Waals surface area contributed by atoms with Crippen LogP contribution in [0.4, 0.5) is 5.69 Å². The number of rotatable bonds is 7. The molecule has 3 aromatic rings. The number of sulfonamides is 1. The van der Waals surface area contributed by atoms with Gasteiger partial charge in [-0.2, -0.15) is 0 Å². The van der Waals surface area contributed by atoms with Crippen LogP contribution in [0.15, 0.2) is 65.6 Å². The molecule has 28 heavy (non-hydrogen) atoms. The Morgan fingerprint density at radius 1 is 0.893 bits per heavy atom. The first-order valence-electron chi connectivity index (χ1n) is 9.21. The van der Waals surface area contributed by atoms with Crippen molar-refractivity contribution in [3.8, 4) is 0 Å². The Kier molecular flexibility index (Phi) is 6.11. The third kappa shape index (κ3) is 4.97. The van der Waals surface area contributed by atoms with Gasteiger partial charge in [-0.05, 0) is 66.4 Å². The molecule has 0 unspecified atom stereocenters. The summed E-state index contributed by atoms with van der Waals surface area (Å²) in [6.07, 6.45) is 0.658. The first-order valence-corrected chi connectivity index (χ1v) is 10.7. The van der Waals surface area contributed by atoms with Crippen molar-refractivity contribution in [2.45, 2.75) is 31.6 Å². The van der Waals surface area contributed by atoms with Gasteiger partial charge in [0.05, 0.1) is 4.90 Å². The molecule has 0 radical (unpaired) electrons. The van der Waals surface area contributed by atoms with Gasteiger partial charge < -0.3 is 5.32 Å². The van der Waals surface area contributed by atoms with E-state index >= 15 is 0 Å². The Bertz CT molecular complexity index is 1110. The number of anilines is 1. The standard InChI is InChI=1S/C22H24N2O3S/c1-16-9-12-21(14-17(16)2)28(26,27)23-13-5-8-22(25)24-20-11-10-18-6-3-4-7-19(18)15-20/h3-4,6-7,9-12,14-15,23H,5,8,13H2,1-2H3,(H,24,25). The van der Waals surface area contributed by atoms with E-state index in [0.717, 1.165) is 27.6 Å². The van der Waals surface area contributed by atoms with Crippen LogP contribution in [0.2, 0.25) is 0 Å². The van der Waals surface area contributed by atoms with E-state index in [1.807, 2.05) is 56.3 Å². The van der Waals surface area contributed by atoms with E-state index in [-0.39, 0.29) is 23.8 Å². The fourth-order valence-corrected chi connectivity index (χ4v) is 4.07. The summed E-state index contributed by atoms with van der Waals surface area (Å²) in [6.45, 7) is 4.03. The normalized spacial score (nSPS) is 11.5. The van der Waals surface area contributed by atoms with Crippen LogP contribution in [0.5, 0.6) is 0 Å². The maximum Gasteiger partial charge on any atom is 0.240 e. The number of hydrogen-bond donors (Lipinski definition) is 2. The van der Waals surface area contributed by atoms with Crippen molar-refractivity contribution < 1.29 is 13.2 Å². The van der Waals surface area contributed by atoms with Crippen molar-refractivity contribution in [2.24, 2.45) is 0 Å². The van der Waals surface area contributed by atoms with Crippen LogP contribution in [0.1, 0.15) is 24.0 Å². The van der Waals surface area contributed by atoms with Crippen molar-refractivity contribution in [3.05, 3.63) is 71.8 Å². The minimum Gasteiger partial charge on any atom is -0.326 e. The molecule has 0 aliphatic heterocycles. The van der Waals surface area contributed by atoms with E-state index in [1.165, 1.54) is 0 Å². The zero-order valence-corrected chi connectivity index (χ0v) is 16.8. The largest absolute Gasteiger partial charge is 0.326 e. The van der Waals surface area contributed by atoms with Crippen LogP contribution < -0.4 is 10.0 Å². The summed E-state index contributed by atoms with van der Waals surface area (Å²) in [5.41, 5.74) is 2.71. The van der Waals surface area contributed by atoms with Crippen LogP contribution >= 0.6 is 0 Å². The van der Waals surface area contributed by atoms with E-state index in [2.05, 4.69) is 10.0 Å². The summed E-state index contributed by atoms with van der Waals surface area (Å²) in [6, 6.07) is 18.7. The Labute approximate surface area is 165 Å². The quantitative estimate of drug-likeness (QED) is 0.589. The Balaban J connectivity index is 1.50. The first kappa shape index (κ1) is 20.0. The summed E-state index contributed by atoms with van der Waals surface area (Å²) in [4.78, 5) is 12.4. The lowest BCUT2D eigenvalue weighted by atomic mass is 10.1. The molecular weight excluding hydrogens is 372 g/mol. The first-order chi connectivity index (χ1) is 13.3. The van der Waals surface area contributed by atoms with Gasteiger partial charge >= 0.3 is 0 Å². The van der Waals surface area contributed by atoms with Gasteiger partial charge in [-0.1, -0.05) is 36.4 Å². The average molecular weight is 397 g/mol. The summed E-state index contributed by atoms with van der Waals surface area (Å²) in [5.74, 6) is -0.138. The number of benzene rings is 3. The minimum absolute atomic E-state index is 0.138. The molecule has 0 spiro atoms. The highest BCUT2D eigenvalue weighted by Gasteiger charge is 2.14. The average Bonchev–Trinajstić information content (AvgIpc) is 2.67. The van der Waals surface area contributed by atoms with Gasteiger partial charge in [0.1, 0.15) is 0 Å². The van der Waals surface area contributed by atoms with Crippen molar-refractivity contribution >= 4 is 32.4 Å². The molecule has 6 heteroatoms.